The van der Waals surface area contributed by atoms with E-state index in [-0.39, 0.29) is 18.0 Å². The lowest BCUT2D eigenvalue weighted by atomic mass is 10.2. The van der Waals surface area contributed by atoms with Crippen molar-refractivity contribution in [2.24, 2.45) is 0 Å². The lowest BCUT2D eigenvalue weighted by molar-refractivity contribution is -0.133. The third-order valence-electron chi connectivity index (χ3n) is 4.38. The Kier molecular flexibility index (Phi) is 5.80. The summed E-state index contributed by atoms with van der Waals surface area (Å²) in [5.41, 5.74) is 0.388. The number of benzene rings is 1. The largest absolute Gasteiger partial charge is 0.339 e. The van der Waals surface area contributed by atoms with E-state index in [9.17, 15) is 14.4 Å². The van der Waals surface area contributed by atoms with Gasteiger partial charge >= 0.3 is 0 Å². The lowest BCUT2D eigenvalue weighted by Crippen LogP contribution is -2.50. The number of carbonyl (C=O) groups is 1. The van der Waals surface area contributed by atoms with Crippen LogP contribution in [0.1, 0.15) is 5.56 Å². The summed E-state index contributed by atoms with van der Waals surface area (Å²) in [6.45, 7) is 3.50. The molecule has 1 fully saturated rings. The first kappa shape index (κ1) is 17.9. The van der Waals surface area contributed by atoms with Gasteiger partial charge in [-0.15, -0.1) is 0 Å². The molecular weight excluding hydrogens is 332 g/mol. The quantitative estimate of drug-likeness (QED) is 0.843. The number of carbonyl (C=O) groups excluding carboxylic acids is 1. The number of H-pyrrole nitrogens is 1. The number of piperazine rings is 1. The van der Waals surface area contributed by atoms with Crippen molar-refractivity contribution < 1.29 is 4.79 Å². The molecule has 1 aliphatic heterocycles. The van der Waals surface area contributed by atoms with Crippen LogP contribution in [0.4, 0.5) is 0 Å². The molecule has 0 spiro atoms. The molecule has 1 aliphatic rings. The molecule has 1 amide bonds. The summed E-state index contributed by atoms with van der Waals surface area (Å²) in [5.74, 6) is -0.159. The minimum Gasteiger partial charge on any atom is -0.339 e. The predicted molar refractivity (Wildman–Crippen MR) is 99.8 cm³/mol. The smallest absolute Gasteiger partial charge is 0.265 e. The number of nitrogens with one attached hydrogen (secondary N) is 1. The van der Waals surface area contributed by atoms with Crippen molar-refractivity contribution in [1.82, 2.24) is 19.6 Å². The van der Waals surface area contributed by atoms with Gasteiger partial charge in [-0.1, -0.05) is 42.5 Å². The minimum absolute atomic E-state index is 0.136. The monoisotopic (exact) mass is 354 g/mol. The number of rotatable bonds is 5. The summed E-state index contributed by atoms with van der Waals surface area (Å²) in [6.07, 6.45) is 4.22. The Bertz CT molecular complexity index is 877. The maximum absolute atomic E-state index is 12.3. The van der Waals surface area contributed by atoms with Crippen LogP contribution < -0.4 is 11.1 Å². The first-order valence-electron chi connectivity index (χ1n) is 8.64. The molecule has 1 N–H and O–H groups in total. The highest BCUT2D eigenvalue weighted by Crippen LogP contribution is 2.05. The average molecular weight is 354 g/mol. The Morgan fingerprint density at radius 3 is 2.46 bits per heavy atom. The predicted octanol–water partition coefficient (Wildman–Crippen LogP) is 0.394. The molecule has 0 aliphatic carbocycles. The van der Waals surface area contributed by atoms with Gasteiger partial charge in [0.2, 0.25) is 5.91 Å². The van der Waals surface area contributed by atoms with Crippen LogP contribution in [0.3, 0.4) is 0 Å². The Morgan fingerprint density at radius 1 is 1.00 bits per heavy atom. The van der Waals surface area contributed by atoms with E-state index in [0.29, 0.717) is 13.1 Å². The maximum atomic E-state index is 12.3. The highest BCUT2D eigenvalue weighted by molar-refractivity contribution is 5.76. The molecule has 1 aromatic heterocycles. The molecule has 0 bridgehead atoms. The van der Waals surface area contributed by atoms with Crippen LogP contribution in [-0.4, -0.2) is 58.2 Å². The fourth-order valence-electron chi connectivity index (χ4n) is 2.90. The van der Waals surface area contributed by atoms with E-state index in [4.69, 9.17) is 0 Å². The number of hydrogen-bond donors (Lipinski definition) is 1. The molecule has 1 saturated heterocycles. The molecule has 0 saturated carbocycles. The van der Waals surface area contributed by atoms with Gasteiger partial charge in [0, 0.05) is 44.9 Å². The van der Waals surface area contributed by atoms with E-state index >= 15 is 0 Å². The van der Waals surface area contributed by atoms with Crippen LogP contribution in [0.5, 0.6) is 0 Å². The van der Waals surface area contributed by atoms with Crippen LogP contribution in [-0.2, 0) is 11.3 Å². The second kappa shape index (κ2) is 8.44. The SMILES string of the molecule is O=C(Cn1[nH]c(=O)ccc1=O)N1CCN(CC=Cc2ccccc2)CC1. The van der Waals surface area contributed by atoms with E-state index in [1.807, 2.05) is 18.2 Å². The second-order valence-electron chi connectivity index (χ2n) is 6.23. The summed E-state index contributed by atoms with van der Waals surface area (Å²) < 4.78 is 1.06. The van der Waals surface area contributed by atoms with Crippen LogP contribution in [0, 0.1) is 0 Å². The molecule has 3 rings (SSSR count). The molecule has 2 heterocycles. The summed E-state index contributed by atoms with van der Waals surface area (Å²) >= 11 is 0. The first-order chi connectivity index (χ1) is 12.6. The third kappa shape index (κ3) is 4.80. The van der Waals surface area contributed by atoms with Gasteiger partial charge < -0.3 is 4.90 Å². The summed E-state index contributed by atoms with van der Waals surface area (Å²) in [4.78, 5) is 39.3. The van der Waals surface area contributed by atoms with Gasteiger partial charge in [0.1, 0.15) is 6.54 Å². The Morgan fingerprint density at radius 2 is 1.73 bits per heavy atom. The van der Waals surface area contributed by atoms with Crippen LogP contribution in [0.2, 0.25) is 0 Å². The summed E-state index contributed by atoms with van der Waals surface area (Å²) in [6, 6.07) is 12.5. The Hall–Kier alpha value is -2.93. The third-order valence-corrected chi connectivity index (χ3v) is 4.38. The highest BCUT2D eigenvalue weighted by Gasteiger charge is 2.20. The summed E-state index contributed by atoms with van der Waals surface area (Å²) in [7, 11) is 0. The van der Waals surface area contributed by atoms with Crippen molar-refractivity contribution in [3.05, 3.63) is 74.8 Å². The van der Waals surface area contributed by atoms with Gasteiger partial charge in [0.15, 0.2) is 0 Å². The zero-order valence-electron chi connectivity index (χ0n) is 14.5. The normalized spacial score (nSPS) is 15.5. The van der Waals surface area contributed by atoms with E-state index in [1.165, 1.54) is 11.6 Å². The fraction of sp³-hybridized carbons (Fsp3) is 0.316. The highest BCUT2D eigenvalue weighted by atomic mass is 16.2. The van der Waals surface area contributed by atoms with E-state index in [2.05, 4.69) is 34.3 Å². The summed E-state index contributed by atoms with van der Waals surface area (Å²) in [5, 5.41) is 2.38. The lowest BCUT2D eigenvalue weighted by Gasteiger charge is -2.34. The molecule has 1 aromatic carbocycles. The van der Waals surface area contributed by atoms with Crippen molar-refractivity contribution in [3.8, 4) is 0 Å². The topological polar surface area (TPSA) is 78.4 Å². The van der Waals surface area contributed by atoms with E-state index in [1.54, 1.807) is 4.90 Å². The molecule has 0 radical (unpaired) electrons. The fourth-order valence-corrected chi connectivity index (χ4v) is 2.90. The van der Waals surface area contributed by atoms with Crippen molar-refractivity contribution >= 4 is 12.0 Å². The van der Waals surface area contributed by atoms with Crippen molar-refractivity contribution in [1.29, 1.82) is 0 Å². The van der Waals surface area contributed by atoms with Gasteiger partial charge in [-0.25, -0.2) is 4.68 Å². The standard InChI is InChI=1S/C19H22N4O3/c24-17-8-9-18(25)23(20-17)15-19(26)22-13-11-21(12-14-22)10-4-7-16-5-2-1-3-6-16/h1-9H,10-15H2,(H,20,24). The van der Waals surface area contributed by atoms with E-state index < -0.39 is 5.56 Å². The minimum atomic E-state index is -0.396. The zero-order valence-corrected chi connectivity index (χ0v) is 14.5. The van der Waals surface area contributed by atoms with Gasteiger partial charge in [0.05, 0.1) is 0 Å². The Balaban J connectivity index is 1.48. The van der Waals surface area contributed by atoms with Crippen molar-refractivity contribution in [3.63, 3.8) is 0 Å². The Labute approximate surface area is 151 Å². The average Bonchev–Trinajstić information content (AvgIpc) is 2.66. The number of amides is 1. The molecule has 7 nitrogen and oxygen atoms in total. The van der Waals surface area contributed by atoms with Crippen LogP contribution in [0.15, 0.2) is 58.1 Å². The van der Waals surface area contributed by atoms with Crippen molar-refractivity contribution in [2.75, 3.05) is 32.7 Å². The molecule has 0 unspecified atom stereocenters. The van der Waals surface area contributed by atoms with E-state index in [0.717, 1.165) is 30.4 Å². The van der Waals surface area contributed by atoms with Crippen LogP contribution >= 0.6 is 0 Å². The maximum Gasteiger partial charge on any atom is 0.265 e. The zero-order chi connectivity index (χ0) is 18.4. The molecule has 26 heavy (non-hydrogen) atoms. The second-order valence-corrected chi connectivity index (χ2v) is 6.23. The van der Waals surface area contributed by atoms with Gasteiger partial charge in [-0.05, 0) is 5.56 Å². The number of hydrogen-bond acceptors (Lipinski definition) is 4. The number of aromatic nitrogens is 2. The molecule has 136 valence electrons. The molecule has 7 heteroatoms. The van der Waals surface area contributed by atoms with Gasteiger partial charge in [-0.2, -0.15) is 0 Å². The molecule has 0 atom stereocenters. The van der Waals surface area contributed by atoms with Gasteiger partial charge in [0.25, 0.3) is 11.1 Å². The van der Waals surface area contributed by atoms with Crippen LogP contribution in [0.25, 0.3) is 6.08 Å². The molecule has 2 aromatic rings. The molecular formula is C19H22N4O3. The van der Waals surface area contributed by atoms with Crippen molar-refractivity contribution in [2.45, 2.75) is 6.54 Å². The number of nitrogens with zero attached hydrogens (tertiary/aromatic N) is 3. The number of aromatic amines is 1. The van der Waals surface area contributed by atoms with Gasteiger partial charge in [-0.3, -0.25) is 24.4 Å². The first-order valence-corrected chi connectivity index (χ1v) is 8.64.